The minimum absolute atomic E-state index is 0. The van der Waals surface area contributed by atoms with E-state index in [4.69, 9.17) is 5.73 Å². The first-order valence-electron chi connectivity index (χ1n) is 7.96. The van der Waals surface area contributed by atoms with E-state index in [1.54, 1.807) is 0 Å². The molecule has 0 spiro atoms. The topological polar surface area (TPSA) is 72.9 Å². The minimum atomic E-state index is -0.394. The van der Waals surface area contributed by atoms with Gasteiger partial charge in [-0.2, -0.15) is 0 Å². The van der Waals surface area contributed by atoms with Crippen LogP contribution in [0.5, 0.6) is 0 Å². The Balaban J connectivity index is 0.00000144. The van der Waals surface area contributed by atoms with Gasteiger partial charge in [-0.3, -0.25) is 4.79 Å². The summed E-state index contributed by atoms with van der Waals surface area (Å²) in [4.78, 5) is 17.1. The van der Waals surface area contributed by atoms with Gasteiger partial charge in [-0.1, -0.05) is 25.0 Å². The van der Waals surface area contributed by atoms with Crippen LogP contribution in [0.3, 0.4) is 0 Å². The summed E-state index contributed by atoms with van der Waals surface area (Å²) < 4.78 is 2.03. The lowest BCUT2D eigenvalue weighted by atomic mass is 9.74. The number of rotatable bonds is 3. The van der Waals surface area contributed by atoms with E-state index < -0.39 is 5.54 Å². The van der Waals surface area contributed by atoms with Crippen molar-refractivity contribution in [3.8, 4) is 0 Å². The van der Waals surface area contributed by atoms with Crippen molar-refractivity contribution in [2.75, 3.05) is 0 Å². The Morgan fingerprint density at radius 3 is 2.75 bits per heavy atom. The first-order chi connectivity index (χ1) is 10.5. The van der Waals surface area contributed by atoms with Crippen LogP contribution in [0.25, 0.3) is 11.0 Å². The number of nitrogens with one attached hydrogen (secondary N) is 1. The zero-order chi connectivity index (χ0) is 15.7. The number of fused-ring (bicyclic) bond motifs is 1. The van der Waals surface area contributed by atoms with Crippen LogP contribution in [0.2, 0.25) is 0 Å². The largest absolute Gasteiger partial charge is 0.349 e. The highest BCUT2D eigenvalue weighted by atomic mass is 35.5. The standard InChI is InChI=1S/C17H24N4O.2ClH/c1-17(18)10-6-5-7-12(17)16(22)19-11-15-20-13-8-3-4-9-14(13)21(15)2;;/h3-4,8-9,12H,5-7,10-11,18H2,1-2H3,(H,19,22);2*1H. The fraction of sp³-hybridized carbons (Fsp3) is 0.529. The van der Waals surface area contributed by atoms with E-state index in [0.29, 0.717) is 6.54 Å². The molecule has 1 aromatic heterocycles. The van der Waals surface area contributed by atoms with Gasteiger partial charge in [0.1, 0.15) is 5.82 Å². The highest BCUT2D eigenvalue weighted by molar-refractivity contribution is 5.85. The van der Waals surface area contributed by atoms with Crippen LogP contribution >= 0.6 is 24.8 Å². The Labute approximate surface area is 155 Å². The number of nitrogens with two attached hydrogens (primary N) is 1. The second kappa shape index (κ2) is 8.19. The molecule has 0 bridgehead atoms. The summed E-state index contributed by atoms with van der Waals surface area (Å²) in [6.45, 7) is 2.43. The lowest BCUT2D eigenvalue weighted by Gasteiger charge is -2.37. The van der Waals surface area contributed by atoms with Crippen molar-refractivity contribution < 1.29 is 4.79 Å². The predicted molar refractivity (Wildman–Crippen MR) is 102 cm³/mol. The number of halogens is 2. The second-order valence-electron chi connectivity index (χ2n) is 6.60. The van der Waals surface area contributed by atoms with Crippen LogP contribution < -0.4 is 11.1 Å². The quantitative estimate of drug-likeness (QED) is 0.869. The molecule has 1 heterocycles. The number of imidazole rings is 1. The van der Waals surface area contributed by atoms with Crippen LogP contribution in [-0.2, 0) is 18.4 Å². The first-order valence-corrected chi connectivity index (χ1v) is 7.96. The average Bonchev–Trinajstić information content (AvgIpc) is 2.81. The van der Waals surface area contributed by atoms with Gasteiger partial charge in [0.15, 0.2) is 0 Å². The van der Waals surface area contributed by atoms with Crippen LogP contribution in [0.1, 0.15) is 38.4 Å². The zero-order valence-electron chi connectivity index (χ0n) is 14.1. The highest BCUT2D eigenvalue weighted by Crippen LogP contribution is 2.31. The van der Waals surface area contributed by atoms with Gasteiger partial charge >= 0.3 is 0 Å². The summed E-state index contributed by atoms with van der Waals surface area (Å²) in [5, 5.41) is 3.02. The van der Waals surface area contributed by atoms with Gasteiger partial charge in [-0.25, -0.2) is 4.98 Å². The molecule has 24 heavy (non-hydrogen) atoms. The summed E-state index contributed by atoms with van der Waals surface area (Å²) in [6.07, 6.45) is 3.98. The van der Waals surface area contributed by atoms with E-state index in [9.17, 15) is 4.79 Å². The maximum absolute atomic E-state index is 12.5. The Morgan fingerprint density at radius 1 is 1.38 bits per heavy atom. The van der Waals surface area contributed by atoms with Crippen molar-refractivity contribution in [1.82, 2.24) is 14.9 Å². The Morgan fingerprint density at radius 2 is 2.08 bits per heavy atom. The fourth-order valence-corrected chi connectivity index (χ4v) is 3.43. The fourth-order valence-electron chi connectivity index (χ4n) is 3.43. The van der Waals surface area contributed by atoms with Crippen molar-refractivity contribution >= 4 is 41.8 Å². The summed E-state index contributed by atoms with van der Waals surface area (Å²) in [7, 11) is 1.98. The molecule has 134 valence electrons. The summed E-state index contributed by atoms with van der Waals surface area (Å²) in [5.74, 6) is 0.816. The molecule has 5 nitrogen and oxygen atoms in total. The maximum Gasteiger partial charge on any atom is 0.225 e. The second-order valence-corrected chi connectivity index (χ2v) is 6.60. The molecule has 1 aliphatic rings. The summed E-state index contributed by atoms with van der Waals surface area (Å²) in [5.41, 5.74) is 7.94. The van der Waals surface area contributed by atoms with Gasteiger partial charge in [0.2, 0.25) is 5.91 Å². The lowest BCUT2D eigenvalue weighted by molar-refractivity contribution is -0.128. The molecule has 2 unspecified atom stereocenters. The SMILES string of the molecule is Cl.Cl.Cn1c(CNC(=O)C2CCCCC2(C)N)nc2ccccc21. The van der Waals surface area contributed by atoms with Gasteiger partial charge in [-0.15, -0.1) is 24.8 Å². The number of hydrogen-bond acceptors (Lipinski definition) is 3. The number of carbonyl (C=O) groups is 1. The van der Waals surface area contributed by atoms with Gasteiger partial charge in [0.25, 0.3) is 0 Å². The van der Waals surface area contributed by atoms with Crippen LogP contribution in [0.4, 0.5) is 0 Å². The van der Waals surface area contributed by atoms with E-state index >= 15 is 0 Å². The van der Waals surface area contributed by atoms with E-state index in [-0.39, 0.29) is 36.6 Å². The molecule has 2 aromatic rings. The molecule has 1 saturated carbocycles. The van der Waals surface area contributed by atoms with Crippen molar-refractivity contribution in [2.45, 2.75) is 44.7 Å². The monoisotopic (exact) mass is 372 g/mol. The third kappa shape index (κ3) is 4.02. The number of amides is 1. The molecule has 1 fully saturated rings. The number of carbonyl (C=O) groups excluding carboxylic acids is 1. The predicted octanol–water partition coefficient (Wildman–Crippen LogP) is 2.94. The maximum atomic E-state index is 12.5. The molecular formula is C17H26Cl2N4O. The highest BCUT2D eigenvalue weighted by Gasteiger charge is 2.37. The van der Waals surface area contributed by atoms with Crippen LogP contribution in [-0.4, -0.2) is 21.0 Å². The molecule has 3 N–H and O–H groups in total. The molecular weight excluding hydrogens is 347 g/mol. The van der Waals surface area contributed by atoms with E-state index in [1.807, 2.05) is 42.8 Å². The molecule has 1 amide bonds. The van der Waals surface area contributed by atoms with Gasteiger partial charge in [0, 0.05) is 12.6 Å². The molecule has 0 aliphatic heterocycles. The third-order valence-electron chi connectivity index (χ3n) is 4.87. The summed E-state index contributed by atoms with van der Waals surface area (Å²) >= 11 is 0. The van der Waals surface area contributed by atoms with Crippen molar-refractivity contribution in [2.24, 2.45) is 18.7 Å². The number of para-hydroxylation sites is 2. The zero-order valence-corrected chi connectivity index (χ0v) is 15.8. The van der Waals surface area contributed by atoms with E-state index in [0.717, 1.165) is 42.5 Å². The molecule has 7 heteroatoms. The number of hydrogen-bond donors (Lipinski definition) is 2. The van der Waals surface area contributed by atoms with E-state index in [1.165, 1.54) is 0 Å². The van der Waals surface area contributed by atoms with Gasteiger partial charge in [0.05, 0.1) is 23.5 Å². The first kappa shape index (κ1) is 20.7. The number of aryl methyl sites for hydroxylation is 1. The Hall–Kier alpha value is -1.30. The lowest BCUT2D eigenvalue weighted by Crippen LogP contribution is -2.52. The van der Waals surface area contributed by atoms with Crippen molar-refractivity contribution in [1.29, 1.82) is 0 Å². The van der Waals surface area contributed by atoms with Gasteiger partial charge < -0.3 is 15.6 Å². The van der Waals surface area contributed by atoms with Crippen LogP contribution in [0.15, 0.2) is 24.3 Å². The molecule has 3 rings (SSSR count). The van der Waals surface area contributed by atoms with Gasteiger partial charge in [-0.05, 0) is 31.9 Å². The normalized spacial score (nSPS) is 23.2. The third-order valence-corrected chi connectivity index (χ3v) is 4.87. The molecule has 0 radical (unpaired) electrons. The smallest absolute Gasteiger partial charge is 0.225 e. The van der Waals surface area contributed by atoms with Crippen LogP contribution in [0, 0.1) is 5.92 Å². The van der Waals surface area contributed by atoms with E-state index in [2.05, 4.69) is 10.3 Å². The Kier molecular flexibility index (Phi) is 7.08. The molecule has 2 atom stereocenters. The molecule has 1 aromatic carbocycles. The number of aromatic nitrogens is 2. The molecule has 0 saturated heterocycles. The minimum Gasteiger partial charge on any atom is -0.349 e. The molecule has 1 aliphatic carbocycles. The number of nitrogens with zero attached hydrogens (tertiary/aromatic N) is 2. The Bertz CT molecular complexity index is 699. The van der Waals surface area contributed by atoms with Crippen molar-refractivity contribution in [3.05, 3.63) is 30.1 Å². The average molecular weight is 373 g/mol. The number of benzene rings is 1. The summed E-state index contributed by atoms with van der Waals surface area (Å²) in [6, 6.07) is 7.98. The van der Waals surface area contributed by atoms with Crippen molar-refractivity contribution in [3.63, 3.8) is 0 Å².